The van der Waals surface area contributed by atoms with Crippen molar-refractivity contribution in [3.63, 3.8) is 0 Å². The lowest BCUT2D eigenvalue weighted by atomic mass is 9.76. The van der Waals surface area contributed by atoms with Gasteiger partial charge in [0.25, 0.3) is 0 Å². The topological polar surface area (TPSA) is 20.3 Å². The normalized spacial score (nSPS) is 14.5. The molecule has 0 aliphatic carbocycles. The summed E-state index contributed by atoms with van der Waals surface area (Å²) in [6, 6.07) is 25.8. The van der Waals surface area contributed by atoms with Crippen molar-refractivity contribution in [2.75, 3.05) is 11.4 Å². The Morgan fingerprint density at radius 3 is 1.52 bits per heavy atom. The second-order valence-corrected chi connectivity index (χ2v) is 13.2. The predicted octanol–water partition coefficient (Wildman–Crippen LogP) is 10.4. The first-order valence-electron chi connectivity index (χ1n) is 14.5. The van der Waals surface area contributed by atoms with Gasteiger partial charge in [0.05, 0.1) is 5.56 Å². The molecule has 5 heteroatoms. The maximum absolute atomic E-state index is 14.6. The van der Waals surface area contributed by atoms with Crippen molar-refractivity contribution in [2.24, 2.45) is 0 Å². The summed E-state index contributed by atoms with van der Waals surface area (Å²) in [6.45, 7) is 13.2. The summed E-state index contributed by atoms with van der Waals surface area (Å²) in [5.74, 6) is 0.0943. The van der Waals surface area contributed by atoms with Crippen molar-refractivity contribution in [1.82, 2.24) is 0 Å². The van der Waals surface area contributed by atoms with Crippen molar-refractivity contribution in [2.45, 2.75) is 71.4 Å². The van der Waals surface area contributed by atoms with Crippen LogP contribution in [-0.2, 0) is 21.8 Å². The molecule has 42 heavy (non-hydrogen) atoms. The first kappa shape index (κ1) is 29.6. The molecule has 0 aromatic heterocycles. The van der Waals surface area contributed by atoms with Gasteiger partial charge < -0.3 is 4.90 Å². The third kappa shape index (κ3) is 5.74. The van der Waals surface area contributed by atoms with Crippen LogP contribution in [-0.4, -0.2) is 12.5 Å². The fraction of sp³-hybridized carbons (Fsp3) is 0.324. The number of halogens is 3. The number of benzene rings is 4. The Balaban J connectivity index is 1.89. The Morgan fingerprint density at radius 2 is 1.12 bits per heavy atom. The molecule has 1 amide bonds. The molecule has 0 unspecified atom stereocenters. The fourth-order valence-corrected chi connectivity index (χ4v) is 6.01. The molecule has 0 bridgehead atoms. The third-order valence-corrected chi connectivity index (χ3v) is 8.06. The Bertz CT molecular complexity index is 1540. The molecular weight excluding hydrogens is 531 g/mol. The standard InChI is InChI=1S/C37H38F3NO/c1-35(2,3)31-14-9-7-12-27(31)29-22-25(37(38,39)40)23-30(28-13-8-10-15-32(28)36(4,5)6)34(29)24-17-19-26(20-18-24)41-21-11-16-33(41)42/h7-10,12-15,17-20,22-23H,11,16,21H2,1-6H3. The van der Waals surface area contributed by atoms with Crippen LogP contribution in [0.25, 0.3) is 33.4 Å². The van der Waals surface area contributed by atoms with Gasteiger partial charge in [-0.15, -0.1) is 0 Å². The van der Waals surface area contributed by atoms with Crippen LogP contribution < -0.4 is 4.90 Å². The molecule has 0 saturated carbocycles. The molecule has 0 N–H and O–H groups in total. The van der Waals surface area contributed by atoms with Crippen LogP contribution >= 0.6 is 0 Å². The maximum Gasteiger partial charge on any atom is 0.416 e. The van der Waals surface area contributed by atoms with E-state index in [9.17, 15) is 18.0 Å². The highest BCUT2D eigenvalue weighted by Gasteiger charge is 2.34. The molecule has 4 aromatic carbocycles. The average Bonchev–Trinajstić information content (AvgIpc) is 3.36. The Morgan fingerprint density at radius 1 is 0.643 bits per heavy atom. The summed E-state index contributed by atoms with van der Waals surface area (Å²) in [4.78, 5) is 14.2. The Labute approximate surface area is 247 Å². The number of hydrogen-bond donors (Lipinski definition) is 0. The van der Waals surface area contributed by atoms with Gasteiger partial charge in [-0.2, -0.15) is 13.2 Å². The minimum absolute atomic E-state index is 0.0943. The minimum atomic E-state index is -4.53. The van der Waals surface area contributed by atoms with Crippen molar-refractivity contribution in [3.8, 4) is 33.4 Å². The highest BCUT2D eigenvalue weighted by molar-refractivity contribution is 5.98. The molecule has 1 heterocycles. The maximum atomic E-state index is 14.6. The average molecular weight is 570 g/mol. The second-order valence-electron chi connectivity index (χ2n) is 13.2. The molecule has 5 rings (SSSR count). The minimum Gasteiger partial charge on any atom is -0.312 e. The quantitative estimate of drug-likeness (QED) is 0.239. The van der Waals surface area contributed by atoms with Crippen LogP contribution in [0.15, 0.2) is 84.9 Å². The van der Waals surface area contributed by atoms with Crippen LogP contribution in [0, 0.1) is 0 Å². The zero-order chi connectivity index (χ0) is 30.4. The van der Waals surface area contributed by atoms with Gasteiger partial charge in [0.15, 0.2) is 0 Å². The van der Waals surface area contributed by atoms with Gasteiger partial charge >= 0.3 is 6.18 Å². The highest BCUT2D eigenvalue weighted by Crippen LogP contribution is 2.48. The van der Waals surface area contributed by atoms with E-state index >= 15 is 0 Å². The number of carbonyl (C=O) groups is 1. The Kier molecular flexibility index (Phi) is 7.59. The Hall–Kier alpha value is -3.86. The van der Waals surface area contributed by atoms with E-state index in [4.69, 9.17) is 0 Å². The van der Waals surface area contributed by atoms with Crippen molar-refractivity contribution in [3.05, 3.63) is 102 Å². The van der Waals surface area contributed by atoms with Gasteiger partial charge in [0, 0.05) is 18.7 Å². The van der Waals surface area contributed by atoms with Crippen molar-refractivity contribution >= 4 is 11.6 Å². The smallest absolute Gasteiger partial charge is 0.312 e. The van der Waals surface area contributed by atoms with E-state index in [0.29, 0.717) is 24.1 Å². The first-order valence-corrected chi connectivity index (χ1v) is 14.5. The van der Waals surface area contributed by atoms with Crippen LogP contribution in [0.2, 0.25) is 0 Å². The SMILES string of the molecule is CC(C)(C)c1ccccc1-c1cc(C(F)(F)F)cc(-c2ccccc2C(C)(C)C)c1-c1ccc(N2CCCC2=O)cc1. The van der Waals surface area contributed by atoms with Crippen molar-refractivity contribution in [1.29, 1.82) is 0 Å². The molecule has 0 radical (unpaired) electrons. The summed E-state index contributed by atoms with van der Waals surface area (Å²) in [5, 5.41) is 0. The first-order chi connectivity index (χ1) is 19.7. The van der Waals surface area contributed by atoms with E-state index in [1.807, 2.05) is 72.8 Å². The summed E-state index contributed by atoms with van der Waals surface area (Å²) < 4.78 is 43.8. The predicted molar refractivity (Wildman–Crippen MR) is 167 cm³/mol. The zero-order valence-electron chi connectivity index (χ0n) is 25.2. The van der Waals surface area contributed by atoms with E-state index in [0.717, 1.165) is 45.5 Å². The van der Waals surface area contributed by atoms with Gasteiger partial charge in [-0.1, -0.05) is 102 Å². The van der Waals surface area contributed by atoms with E-state index in [1.54, 1.807) is 4.90 Å². The van der Waals surface area contributed by atoms with Crippen LogP contribution in [0.5, 0.6) is 0 Å². The van der Waals surface area contributed by atoms with E-state index in [1.165, 1.54) is 12.1 Å². The van der Waals surface area contributed by atoms with Crippen LogP contribution in [0.4, 0.5) is 18.9 Å². The number of hydrogen-bond acceptors (Lipinski definition) is 1. The lowest BCUT2D eigenvalue weighted by molar-refractivity contribution is -0.137. The van der Waals surface area contributed by atoms with Gasteiger partial charge in [-0.25, -0.2) is 0 Å². The number of amides is 1. The van der Waals surface area contributed by atoms with Gasteiger partial charge in [0.1, 0.15) is 0 Å². The van der Waals surface area contributed by atoms with E-state index in [2.05, 4.69) is 41.5 Å². The molecule has 218 valence electrons. The molecule has 1 saturated heterocycles. The number of anilines is 1. The molecule has 0 atom stereocenters. The number of alkyl halides is 3. The van der Waals surface area contributed by atoms with Crippen molar-refractivity contribution < 1.29 is 18.0 Å². The summed E-state index contributed by atoms with van der Waals surface area (Å²) in [7, 11) is 0. The fourth-order valence-electron chi connectivity index (χ4n) is 6.01. The molecule has 1 aliphatic rings. The van der Waals surface area contributed by atoms with E-state index < -0.39 is 11.7 Å². The van der Waals surface area contributed by atoms with Gasteiger partial charge in [-0.3, -0.25) is 4.79 Å². The van der Waals surface area contributed by atoms with Crippen LogP contribution in [0.3, 0.4) is 0 Å². The monoisotopic (exact) mass is 569 g/mol. The van der Waals surface area contributed by atoms with Gasteiger partial charge in [-0.05, 0) is 86.0 Å². The van der Waals surface area contributed by atoms with E-state index in [-0.39, 0.29) is 16.7 Å². The summed E-state index contributed by atoms with van der Waals surface area (Å²) in [5.41, 5.74) is 5.66. The number of carbonyl (C=O) groups excluding carboxylic acids is 1. The molecule has 0 spiro atoms. The van der Waals surface area contributed by atoms with Gasteiger partial charge in [0.2, 0.25) is 5.91 Å². The largest absolute Gasteiger partial charge is 0.416 e. The lowest BCUT2D eigenvalue weighted by Crippen LogP contribution is -2.23. The second kappa shape index (κ2) is 10.8. The molecule has 4 aromatic rings. The molecule has 1 fully saturated rings. The molecular formula is C37H38F3NO. The summed E-state index contributed by atoms with van der Waals surface area (Å²) >= 11 is 0. The molecule has 2 nitrogen and oxygen atoms in total. The molecule has 1 aliphatic heterocycles. The summed E-state index contributed by atoms with van der Waals surface area (Å²) in [6.07, 6.45) is -3.18. The lowest BCUT2D eigenvalue weighted by Gasteiger charge is -2.28. The highest BCUT2D eigenvalue weighted by atomic mass is 19.4. The zero-order valence-corrected chi connectivity index (χ0v) is 25.2. The third-order valence-electron chi connectivity index (χ3n) is 8.06. The van der Waals surface area contributed by atoms with Crippen LogP contribution in [0.1, 0.15) is 71.1 Å². The number of nitrogens with zero attached hydrogens (tertiary/aromatic N) is 1. The number of rotatable bonds is 4.